The molecule has 1 N–H and O–H groups in total. The number of ether oxygens (including phenoxy) is 1. The molecule has 0 saturated heterocycles. The molecular formula is C18H16BrNO3. The molecule has 2 rings (SSSR count). The summed E-state index contributed by atoms with van der Waals surface area (Å²) in [6.45, 7) is 2.07. The van der Waals surface area contributed by atoms with E-state index in [4.69, 9.17) is 4.74 Å². The Morgan fingerprint density at radius 1 is 1.13 bits per heavy atom. The van der Waals surface area contributed by atoms with Crippen molar-refractivity contribution in [3.8, 4) is 0 Å². The molecule has 118 valence electrons. The number of nitrogens with one attached hydrogen (secondary N) is 1. The minimum Gasteiger partial charge on any atom is -0.462 e. The fraction of sp³-hybridized carbons (Fsp3) is 0.111. The lowest BCUT2D eigenvalue weighted by Gasteiger charge is -2.08. The van der Waals surface area contributed by atoms with Crippen LogP contribution < -0.4 is 5.32 Å². The van der Waals surface area contributed by atoms with Gasteiger partial charge in [0.25, 0.3) is 0 Å². The number of carbonyl (C=O) groups excluding carboxylic acids is 2. The first-order valence-corrected chi connectivity index (χ1v) is 7.90. The molecule has 0 unspecified atom stereocenters. The first-order chi connectivity index (χ1) is 11.1. The second kappa shape index (κ2) is 8.29. The lowest BCUT2D eigenvalue weighted by molar-refractivity contribution is 0.0527. The van der Waals surface area contributed by atoms with Gasteiger partial charge in [0, 0.05) is 22.3 Å². The van der Waals surface area contributed by atoms with Crippen LogP contribution in [0, 0.1) is 0 Å². The zero-order valence-corrected chi connectivity index (χ0v) is 14.2. The van der Waals surface area contributed by atoms with Gasteiger partial charge in [-0.3, -0.25) is 4.79 Å². The van der Waals surface area contributed by atoms with Gasteiger partial charge in [-0.15, -0.1) is 0 Å². The van der Waals surface area contributed by atoms with E-state index < -0.39 is 5.97 Å². The molecule has 2 aromatic carbocycles. The molecule has 0 aliphatic carbocycles. The molecule has 0 saturated carbocycles. The van der Waals surface area contributed by atoms with Crippen molar-refractivity contribution >= 4 is 33.4 Å². The maximum absolute atomic E-state index is 12.0. The van der Waals surface area contributed by atoms with Gasteiger partial charge in [0.2, 0.25) is 0 Å². The third-order valence-corrected chi connectivity index (χ3v) is 3.55. The Morgan fingerprint density at radius 2 is 1.83 bits per heavy atom. The number of benzene rings is 2. The summed E-state index contributed by atoms with van der Waals surface area (Å²) in [7, 11) is 0. The van der Waals surface area contributed by atoms with Crippen LogP contribution in [-0.2, 0) is 4.74 Å². The van der Waals surface area contributed by atoms with Gasteiger partial charge in [-0.05, 0) is 43.3 Å². The van der Waals surface area contributed by atoms with Gasteiger partial charge in [-0.2, -0.15) is 0 Å². The number of allylic oxidation sites excluding steroid dienone is 1. The van der Waals surface area contributed by atoms with Crippen molar-refractivity contribution in [2.75, 3.05) is 11.9 Å². The largest absolute Gasteiger partial charge is 0.462 e. The molecule has 0 amide bonds. The molecule has 0 spiro atoms. The first kappa shape index (κ1) is 17.0. The van der Waals surface area contributed by atoms with Crippen molar-refractivity contribution < 1.29 is 14.3 Å². The Balaban J connectivity index is 2.07. The molecule has 0 aliphatic rings. The molecule has 5 heteroatoms. The summed E-state index contributed by atoms with van der Waals surface area (Å²) in [6.07, 6.45) is 2.94. The summed E-state index contributed by atoms with van der Waals surface area (Å²) in [5.74, 6) is -0.526. The molecule has 0 heterocycles. The van der Waals surface area contributed by atoms with Gasteiger partial charge < -0.3 is 10.1 Å². The SMILES string of the molecule is CCOC(=O)c1ccccc1NC=CC(=O)c1ccc(Br)cc1. The fourth-order valence-electron chi connectivity index (χ4n) is 1.91. The van der Waals surface area contributed by atoms with Crippen molar-refractivity contribution in [1.82, 2.24) is 0 Å². The maximum atomic E-state index is 12.0. The number of hydrogen-bond acceptors (Lipinski definition) is 4. The fourth-order valence-corrected chi connectivity index (χ4v) is 2.18. The van der Waals surface area contributed by atoms with Gasteiger partial charge in [0.05, 0.1) is 17.9 Å². The van der Waals surface area contributed by atoms with Gasteiger partial charge in [-0.25, -0.2) is 4.79 Å². The van der Waals surface area contributed by atoms with E-state index in [0.29, 0.717) is 23.4 Å². The van der Waals surface area contributed by atoms with E-state index in [1.54, 1.807) is 43.3 Å². The number of esters is 1. The number of halogens is 1. The number of ketones is 1. The van der Waals surface area contributed by atoms with Crippen LogP contribution in [0.1, 0.15) is 27.6 Å². The number of para-hydroxylation sites is 1. The van der Waals surface area contributed by atoms with Crippen molar-refractivity contribution in [3.63, 3.8) is 0 Å². The first-order valence-electron chi connectivity index (χ1n) is 7.11. The van der Waals surface area contributed by atoms with E-state index >= 15 is 0 Å². The smallest absolute Gasteiger partial charge is 0.340 e. The Bertz CT molecular complexity index is 723. The molecule has 0 fully saturated rings. The number of carbonyl (C=O) groups is 2. The van der Waals surface area contributed by atoms with Crippen molar-refractivity contribution in [2.45, 2.75) is 6.92 Å². The molecule has 0 aliphatic heterocycles. The molecule has 0 radical (unpaired) electrons. The van der Waals surface area contributed by atoms with E-state index in [0.717, 1.165) is 4.47 Å². The molecule has 0 bridgehead atoms. The Labute approximate surface area is 143 Å². The van der Waals surface area contributed by atoms with Crippen LogP contribution in [0.25, 0.3) is 0 Å². The minimum atomic E-state index is -0.400. The van der Waals surface area contributed by atoms with Crippen molar-refractivity contribution in [1.29, 1.82) is 0 Å². The predicted molar refractivity (Wildman–Crippen MR) is 93.6 cm³/mol. The Hall–Kier alpha value is -2.40. The standard InChI is InChI=1S/C18H16BrNO3/c1-2-23-18(22)15-5-3-4-6-16(15)20-12-11-17(21)13-7-9-14(19)10-8-13/h3-12,20H,2H2,1H3. The van der Waals surface area contributed by atoms with Crippen molar-refractivity contribution in [3.05, 3.63) is 76.4 Å². The minimum absolute atomic E-state index is 0.126. The number of rotatable bonds is 6. The van der Waals surface area contributed by atoms with Crippen LogP contribution >= 0.6 is 15.9 Å². The average molecular weight is 374 g/mol. The molecule has 23 heavy (non-hydrogen) atoms. The Kier molecular flexibility index (Phi) is 6.11. The summed E-state index contributed by atoms with van der Waals surface area (Å²) in [4.78, 5) is 23.9. The highest BCUT2D eigenvalue weighted by Crippen LogP contribution is 2.16. The highest BCUT2D eigenvalue weighted by Gasteiger charge is 2.10. The molecule has 0 atom stereocenters. The molecular weight excluding hydrogens is 358 g/mol. The van der Waals surface area contributed by atoms with Crippen LogP contribution in [0.2, 0.25) is 0 Å². The monoisotopic (exact) mass is 373 g/mol. The quantitative estimate of drug-likeness (QED) is 0.462. The van der Waals surface area contributed by atoms with Gasteiger partial charge in [-0.1, -0.05) is 28.1 Å². The van der Waals surface area contributed by atoms with E-state index in [2.05, 4.69) is 21.2 Å². The van der Waals surface area contributed by atoms with Crippen LogP contribution in [0.3, 0.4) is 0 Å². The van der Waals surface area contributed by atoms with Gasteiger partial charge in [0.1, 0.15) is 0 Å². The second-order valence-electron chi connectivity index (χ2n) is 4.61. The molecule has 0 aromatic heterocycles. The third kappa shape index (κ3) is 4.79. The van der Waals surface area contributed by atoms with E-state index in [9.17, 15) is 9.59 Å². The molecule has 4 nitrogen and oxygen atoms in total. The van der Waals surface area contributed by atoms with Crippen LogP contribution in [-0.4, -0.2) is 18.4 Å². The summed E-state index contributed by atoms with van der Waals surface area (Å²) in [5.41, 5.74) is 1.60. The van der Waals surface area contributed by atoms with E-state index in [-0.39, 0.29) is 5.78 Å². The highest BCUT2D eigenvalue weighted by molar-refractivity contribution is 9.10. The van der Waals surface area contributed by atoms with E-state index in [1.807, 2.05) is 12.1 Å². The lowest BCUT2D eigenvalue weighted by Crippen LogP contribution is -2.07. The number of hydrogen-bond donors (Lipinski definition) is 1. The highest BCUT2D eigenvalue weighted by atomic mass is 79.9. The predicted octanol–water partition coefficient (Wildman–Crippen LogP) is 4.43. The van der Waals surface area contributed by atoms with Crippen LogP contribution in [0.5, 0.6) is 0 Å². The lowest BCUT2D eigenvalue weighted by atomic mass is 10.1. The molecule has 2 aromatic rings. The zero-order valence-electron chi connectivity index (χ0n) is 12.6. The van der Waals surface area contributed by atoms with Gasteiger partial charge >= 0.3 is 5.97 Å². The number of anilines is 1. The van der Waals surface area contributed by atoms with E-state index in [1.165, 1.54) is 12.3 Å². The van der Waals surface area contributed by atoms with Crippen molar-refractivity contribution in [2.24, 2.45) is 0 Å². The average Bonchev–Trinajstić information content (AvgIpc) is 2.56. The summed E-state index contributed by atoms with van der Waals surface area (Å²) in [5, 5.41) is 2.95. The summed E-state index contributed by atoms with van der Waals surface area (Å²) in [6, 6.07) is 14.1. The zero-order chi connectivity index (χ0) is 16.7. The summed E-state index contributed by atoms with van der Waals surface area (Å²) >= 11 is 3.33. The van der Waals surface area contributed by atoms with Crippen LogP contribution in [0.4, 0.5) is 5.69 Å². The summed E-state index contributed by atoms with van der Waals surface area (Å²) < 4.78 is 5.92. The topological polar surface area (TPSA) is 55.4 Å². The third-order valence-electron chi connectivity index (χ3n) is 3.02. The van der Waals surface area contributed by atoms with Gasteiger partial charge in [0.15, 0.2) is 5.78 Å². The maximum Gasteiger partial charge on any atom is 0.340 e. The normalized spacial score (nSPS) is 10.5. The second-order valence-corrected chi connectivity index (χ2v) is 5.53. The Morgan fingerprint density at radius 3 is 2.52 bits per heavy atom. The van der Waals surface area contributed by atoms with Crippen LogP contribution in [0.15, 0.2) is 65.3 Å².